The summed E-state index contributed by atoms with van der Waals surface area (Å²) in [5.74, 6) is 0.792. The standard InChI is InChI=1S/C22H21NO2S2/c1-16(26-19-14-12-17(25-2)13-15-19)22(24)23-20-10-6-7-11-21(20)27-18-8-4-3-5-9-18/h3-16H,1-2H3,(H,23,24)/t16-/m0/s1. The minimum Gasteiger partial charge on any atom is -0.497 e. The van der Waals surface area contributed by atoms with Crippen LogP contribution in [0.2, 0.25) is 0 Å². The molecule has 3 aromatic carbocycles. The highest BCUT2D eigenvalue weighted by atomic mass is 32.2. The molecule has 0 aliphatic rings. The first-order valence-corrected chi connectivity index (χ1v) is 10.3. The van der Waals surface area contributed by atoms with Crippen molar-refractivity contribution >= 4 is 35.1 Å². The smallest absolute Gasteiger partial charge is 0.237 e. The van der Waals surface area contributed by atoms with Crippen molar-refractivity contribution in [1.29, 1.82) is 0 Å². The molecular formula is C22H21NO2S2. The molecule has 0 unspecified atom stereocenters. The molecule has 1 N–H and O–H groups in total. The maximum absolute atomic E-state index is 12.7. The van der Waals surface area contributed by atoms with E-state index in [0.717, 1.165) is 26.1 Å². The zero-order valence-corrected chi connectivity index (χ0v) is 16.8. The molecule has 0 spiro atoms. The van der Waals surface area contributed by atoms with E-state index in [9.17, 15) is 4.79 Å². The number of anilines is 1. The fourth-order valence-electron chi connectivity index (χ4n) is 2.42. The Morgan fingerprint density at radius 3 is 2.26 bits per heavy atom. The number of carbonyl (C=O) groups is 1. The number of thioether (sulfide) groups is 1. The third-order valence-corrected chi connectivity index (χ3v) is 6.05. The minimum absolute atomic E-state index is 0.0167. The molecule has 3 rings (SSSR count). The average Bonchev–Trinajstić information content (AvgIpc) is 2.71. The predicted molar refractivity (Wildman–Crippen MR) is 114 cm³/mol. The summed E-state index contributed by atoms with van der Waals surface area (Å²) in [4.78, 5) is 15.9. The van der Waals surface area contributed by atoms with Gasteiger partial charge < -0.3 is 10.1 Å². The van der Waals surface area contributed by atoms with E-state index in [4.69, 9.17) is 4.74 Å². The van der Waals surface area contributed by atoms with Gasteiger partial charge in [0.15, 0.2) is 0 Å². The molecule has 0 aromatic heterocycles. The molecule has 1 amide bonds. The van der Waals surface area contributed by atoms with Crippen molar-refractivity contribution in [3.05, 3.63) is 78.9 Å². The van der Waals surface area contributed by atoms with Gasteiger partial charge in [0.2, 0.25) is 5.91 Å². The first-order valence-electron chi connectivity index (χ1n) is 8.59. The molecule has 0 saturated carbocycles. The molecule has 0 radical (unpaired) electrons. The summed E-state index contributed by atoms with van der Waals surface area (Å²) in [5.41, 5.74) is 0.832. The normalized spacial score (nSPS) is 11.6. The van der Waals surface area contributed by atoms with E-state index in [1.807, 2.05) is 73.7 Å². The number of rotatable bonds is 7. The Balaban J connectivity index is 1.66. The minimum atomic E-state index is -0.215. The van der Waals surface area contributed by atoms with Gasteiger partial charge in [-0.2, -0.15) is 0 Å². The van der Waals surface area contributed by atoms with Crippen LogP contribution in [0.4, 0.5) is 5.69 Å². The van der Waals surface area contributed by atoms with Crippen molar-refractivity contribution in [3.8, 4) is 5.75 Å². The van der Waals surface area contributed by atoms with Gasteiger partial charge in [-0.1, -0.05) is 42.1 Å². The van der Waals surface area contributed by atoms with Gasteiger partial charge in [-0.05, 0) is 55.5 Å². The van der Waals surface area contributed by atoms with E-state index < -0.39 is 0 Å². The lowest BCUT2D eigenvalue weighted by Crippen LogP contribution is -2.22. The van der Waals surface area contributed by atoms with Gasteiger partial charge in [-0.25, -0.2) is 0 Å². The largest absolute Gasteiger partial charge is 0.497 e. The number of para-hydroxylation sites is 1. The number of hydrogen-bond donors (Lipinski definition) is 1. The number of carbonyl (C=O) groups excluding carboxylic acids is 1. The van der Waals surface area contributed by atoms with Crippen molar-refractivity contribution in [2.24, 2.45) is 0 Å². The maximum Gasteiger partial charge on any atom is 0.237 e. The summed E-state index contributed by atoms with van der Waals surface area (Å²) in [6.45, 7) is 1.91. The number of amides is 1. The van der Waals surface area contributed by atoms with Crippen LogP contribution >= 0.6 is 23.5 Å². The van der Waals surface area contributed by atoms with Crippen LogP contribution < -0.4 is 10.1 Å². The fraction of sp³-hybridized carbons (Fsp3) is 0.136. The summed E-state index contributed by atoms with van der Waals surface area (Å²) >= 11 is 3.17. The second kappa shape index (κ2) is 9.53. The van der Waals surface area contributed by atoms with Crippen molar-refractivity contribution in [2.75, 3.05) is 12.4 Å². The topological polar surface area (TPSA) is 38.3 Å². The number of benzene rings is 3. The summed E-state index contributed by atoms with van der Waals surface area (Å²) in [6.07, 6.45) is 0. The Kier molecular flexibility index (Phi) is 6.85. The Bertz CT molecular complexity index is 882. The predicted octanol–water partition coefficient (Wildman–Crippen LogP) is 5.97. The SMILES string of the molecule is COc1ccc(S[C@@H](C)C(=O)Nc2ccccc2Sc2ccccc2)cc1. The lowest BCUT2D eigenvalue weighted by atomic mass is 10.3. The molecular weight excluding hydrogens is 374 g/mol. The Hall–Kier alpha value is -2.37. The van der Waals surface area contributed by atoms with Gasteiger partial charge >= 0.3 is 0 Å². The van der Waals surface area contributed by atoms with Gasteiger partial charge in [0.05, 0.1) is 18.0 Å². The first kappa shape index (κ1) is 19.4. The van der Waals surface area contributed by atoms with Gasteiger partial charge in [-0.3, -0.25) is 4.79 Å². The Morgan fingerprint density at radius 1 is 0.889 bits per heavy atom. The molecule has 0 aliphatic heterocycles. The van der Waals surface area contributed by atoms with Crippen LogP contribution in [0.1, 0.15) is 6.92 Å². The number of ether oxygens (including phenoxy) is 1. The number of nitrogens with one attached hydrogen (secondary N) is 1. The van der Waals surface area contributed by atoms with Gasteiger partial charge in [0.25, 0.3) is 0 Å². The first-order chi connectivity index (χ1) is 13.2. The second-order valence-corrected chi connectivity index (χ2v) is 8.37. The van der Waals surface area contributed by atoms with Crippen molar-refractivity contribution < 1.29 is 9.53 Å². The Morgan fingerprint density at radius 2 is 1.56 bits per heavy atom. The zero-order valence-electron chi connectivity index (χ0n) is 15.2. The third-order valence-electron chi connectivity index (χ3n) is 3.86. The molecule has 3 aromatic rings. The molecule has 0 heterocycles. The monoisotopic (exact) mass is 395 g/mol. The highest BCUT2D eigenvalue weighted by molar-refractivity contribution is 8.00. The highest BCUT2D eigenvalue weighted by Gasteiger charge is 2.16. The molecule has 138 valence electrons. The van der Waals surface area contributed by atoms with E-state index in [1.165, 1.54) is 11.8 Å². The second-order valence-electron chi connectivity index (χ2n) is 5.84. The van der Waals surface area contributed by atoms with E-state index in [0.29, 0.717) is 0 Å². The fourth-order valence-corrected chi connectivity index (χ4v) is 4.21. The van der Waals surface area contributed by atoms with Crippen molar-refractivity contribution in [1.82, 2.24) is 0 Å². The van der Waals surface area contributed by atoms with Gasteiger partial charge in [0, 0.05) is 14.7 Å². The average molecular weight is 396 g/mol. The number of methoxy groups -OCH3 is 1. The van der Waals surface area contributed by atoms with Crippen molar-refractivity contribution in [3.63, 3.8) is 0 Å². The highest BCUT2D eigenvalue weighted by Crippen LogP contribution is 2.34. The summed E-state index contributed by atoms with van der Waals surface area (Å²) < 4.78 is 5.17. The molecule has 0 fully saturated rings. The molecule has 27 heavy (non-hydrogen) atoms. The van der Waals surface area contributed by atoms with Crippen molar-refractivity contribution in [2.45, 2.75) is 26.9 Å². The van der Waals surface area contributed by atoms with Crippen LogP contribution in [0.3, 0.4) is 0 Å². The van der Waals surface area contributed by atoms with Crippen LogP contribution in [0, 0.1) is 0 Å². The van der Waals surface area contributed by atoms with E-state index in [1.54, 1.807) is 18.9 Å². The molecule has 0 bridgehead atoms. The van der Waals surface area contributed by atoms with E-state index >= 15 is 0 Å². The maximum atomic E-state index is 12.7. The summed E-state index contributed by atoms with van der Waals surface area (Å²) in [5, 5.41) is 2.85. The third kappa shape index (κ3) is 5.55. The zero-order chi connectivity index (χ0) is 19.1. The molecule has 1 atom stereocenters. The van der Waals surface area contributed by atoms with Crippen LogP contribution in [0.25, 0.3) is 0 Å². The Labute approximate surface area is 168 Å². The molecule has 0 aliphatic carbocycles. The number of hydrogen-bond acceptors (Lipinski definition) is 4. The van der Waals surface area contributed by atoms with Crippen LogP contribution in [0.5, 0.6) is 5.75 Å². The van der Waals surface area contributed by atoms with Crippen LogP contribution in [0.15, 0.2) is 93.5 Å². The van der Waals surface area contributed by atoms with Gasteiger partial charge in [0.1, 0.15) is 5.75 Å². The summed E-state index contributed by atoms with van der Waals surface area (Å²) in [6, 6.07) is 25.8. The van der Waals surface area contributed by atoms with E-state index in [-0.39, 0.29) is 11.2 Å². The summed E-state index contributed by atoms with van der Waals surface area (Å²) in [7, 11) is 1.64. The molecule has 0 saturated heterocycles. The van der Waals surface area contributed by atoms with Crippen LogP contribution in [-0.2, 0) is 4.79 Å². The van der Waals surface area contributed by atoms with Crippen LogP contribution in [-0.4, -0.2) is 18.3 Å². The van der Waals surface area contributed by atoms with Gasteiger partial charge in [-0.15, -0.1) is 11.8 Å². The quantitative estimate of drug-likeness (QED) is 0.501. The lowest BCUT2D eigenvalue weighted by Gasteiger charge is -2.15. The molecule has 5 heteroatoms. The van der Waals surface area contributed by atoms with E-state index in [2.05, 4.69) is 17.4 Å². The molecule has 3 nitrogen and oxygen atoms in total. The lowest BCUT2D eigenvalue weighted by molar-refractivity contribution is -0.115.